The van der Waals surface area contributed by atoms with Crippen molar-refractivity contribution in [1.82, 2.24) is 15.6 Å². The zero-order valence-electron chi connectivity index (χ0n) is 12.7. The number of carbonyl (C=O) groups excluding carboxylic acids is 2. The van der Waals surface area contributed by atoms with Crippen molar-refractivity contribution in [3.8, 4) is 0 Å². The van der Waals surface area contributed by atoms with E-state index in [2.05, 4.69) is 20.9 Å². The highest BCUT2D eigenvalue weighted by Crippen LogP contribution is 2.09. The number of carbonyl (C=O) groups is 2. The molecule has 0 radical (unpaired) electrons. The maximum Gasteiger partial charge on any atom is 0.251 e. The van der Waals surface area contributed by atoms with Gasteiger partial charge in [0.1, 0.15) is 5.82 Å². The van der Waals surface area contributed by atoms with Gasteiger partial charge in [-0.05, 0) is 26.0 Å². The molecular weight excluding hydrogens is 272 g/mol. The monoisotopic (exact) mass is 294 g/mol. The van der Waals surface area contributed by atoms with Gasteiger partial charge in [0.05, 0.1) is 13.2 Å². The van der Waals surface area contributed by atoms with Crippen LogP contribution in [0.5, 0.6) is 0 Å². The fourth-order valence-electron chi connectivity index (χ4n) is 1.69. The number of anilines is 1. The summed E-state index contributed by atoms with van der Waals surface area (Å²) in [5.74, 6) is 0.0897. The number of hydrogen-bond donors (Lipinski definition) is 3. The number of nitrogens with zero attached hydrogens (tertiary/aromatic N) is 1. The lowest BCUT2D eigenvalue weighted by Gasteiger charge is -2.09. The fraction of sp³-hybridized carbons (Fsp3) is 0.500. The van der Waals surface area contributed by atoms with E-state index < -0.39 is 0 Å². The van der Waals surface area contributed by atoms with Crippen LogP contribution < -0.4 is 16.0 Å². The molecule has 0 fully saturated rings. The summed E-state index contributed by atoms with van der Waals surface area (Å²) >= 11 is 0. The zero-order valence-corrected chi connectivity index (χ0v) is 12.7. The van der Waals surface area contributed by atoms with Crippen LogP contribution in [0, 0.1) is 6.92 Å². The minimum atomic E-state index is -0.304. The molecule has 0 saturated heterocycles. The van der Waals surface area contributed by atoms with Crippen molar-refractivity contribution in [1.29, 1.82) is 0 Å². The smallest absolute Gasteiger partial charge is 0.251 e. The maximum atomic E-state index is 12.0. The van der Waals surface area contributed by atoms with Crippen LogP contribution in [0.3, 0.4) is 0 Å². The third-order valence-electron chi connectivity index (χ3n) is 2.61. The first-order valence-electron chi connectivity index (χ1n) is 6.83. The van der Waals surface area contributed by atoms with E-state index in [0.717, 1.165) is 12.2 Å². The van der Waals surface area contributed by atoms with E-state index >= 15 is 0 Å². The number of ether oxygens (including phenoxy) is 1. The number of amides is 2. The Labute approximate surface area is 124 Å². The van der Waals surface area contributed by atoms with E-state index in [0.29, 0.717) is 24.5 Å². The highest BCUT2D eigenvalue weighted by atomic mass is 16.5. The molecule has 0 aliphatic heterocycles. The van der Waals surface area contributed by atoms with Crippen molar-refractivity contribution in [2.24, 2.45) is 0 Å². The van der Waals surface area contributed by atoms with Crippen molar-refractivity contribution in [2.75, 3.05) is 38.7 Å². The van der Waals surface area contributed by atoms with Gasteiger partial charge in [-0.2, -0.15) is 0 Å². The molecule has 0 bridgehead atoms. The second kappa shape index (κ2) is 8.91. The fourth-order valence-corrected chi connectivity index (χ4v) is 1.69. The summed E-state index contributed by atoms with van der Waals surface area (Å²) in [5.41, 5.74) is 1.21. The molecule has 7 nitrogen and oxygen atoms in total. The SMILES string of the molecule is CCNc1cc(C(=O)NCC(=O)NCCOC)cc(C)n1. The third kappa shape index (κ3) is 6.22. The standard InChI is InChI=1S/C14H22N4O3/c1-4-15-12-8-11(7-10(2)18-12)14(20)17-9-13(19)16-5-6-21-3/h7-8H,4-6,9H2,1-3H3,(H,15,18)(H,16,19)(H,17,20). The van der Waals surface area contributed by atoms with Crippen molar-refractivity contribution >= 4 is 17.6 Å². The Kier molecular flexibility index (Phi) is 7.17. The molecule has 7 heteroatoms. The average Bonchev–Trinajstić information content (AvgIpc) is 2.44. The second-order valence-electron chi connectivity index (χ2n) is 4.44. The average molecular weight is 294 g/mol. The van der Waals surface area contributed by atoms with Gasteiger partial charge in [0.2, 0.25) is 5.91 Å². The number of nitrogens with one attached hydrogen (secondary N) is 3. The van der Waals surface area contributed by atoms with Crippen molar-refractivity contribution in [2.45, 2.75) is 13.8 Å². The minimum Gasteiger partial charge on any atom is -0.383 e. The summed E-state index contributed by atoms with van der Waals surface area (Å²) in [5, 5.41) is 8.26. The summed E-state index contributed by atoms with van der Waals surface area (Å²) in [6, 6.07) is 3.34. The predicted molar refractivity (Wildman–Crippen MR) is 80.4 cm³/mol. The van der Waals surface area contributed by atoms with Crippen LogP contribution in [0.15, 0.2) is 12.1 Å². The molecule has 116 valence electrons. The molecule has 3 N–H and O–H groups in total. The Bertz CT molecular complexity index is 491. The number of pyridine rings is 1. The normalized spacial score (nSPS) is 10.0. The van der Waals surface area contributed by atoms with Gasteiger partial charge in [0.15, 0.2) is 0 Å². The lowest BCUT2D eigenvalue weighted by Crippen LogP contribution is -2.38. The van der Waals surface area contributed by atoms with E-state index in [1.165, 1.54) is 0 Å². The summed E-state index contributed by atoms with van der Waals surface area (Å²) < 4.78 is 4.82. The second-order valence-corrected chi connectivity index (χ2v) is 4.44. The van der Waals surface area contributed by atoms with Gasteiger partial charge in [-0.1, -0.05) is 0 Å². The summed E-state index contributed by atoms with van der Waals surface area (Å²) in [7, 11) is 1.56. The van der Waals surface area contributed by atoms with E-state index in [4.69, 9.17) is 4.74 Å². The van der Waals surface area contributed by atoms with E-state index in [1.54, 1.807) is 19.2 Å². The van der Waals surface area contributed by atoms with Crippen molar-refractivity contribution < 1.29 is 14.3 Å². The molecule has 1 heterocycles. The molecule has 0 unspecified atom stereocenters. The summed E-state index contributed by atoms with van der Waals surface area (Å²) in [6.07, 6.45) is 0. The summed E-state index contributed by atoms with van der Waals surface area (Å²) in [6.45, 7) is 5.28. The Morgan fingerprint density at radius 1 is 1.29 bits per heavy atom. The quantitative estimate of drug-likeness (QED) is 0.600. The van der Waals surface area contributed by atoms with Crippen LogP contribution in [0.1, 0.15) is 23.0 Å². The maximum absolute atomic E-state index is 12.0. The lowest BCUT2D eigenvalue weighted by molar-refractivity contribution is -0.120. The minimum absolute atomic E-state index is 0.0690. The number of rotatable bonds is 8. The Hall–Kier alpha value is -2.15. The molecular formula is C14H22N4O3. The Balaban J connectivity index is 2.53. The van der Waals surface area contributed by atoms with Gasteiger partial charge in [-0.25, -0.2) is 4.98 Å². The molecule has 2 amide bonds. The molecule has 0 aliphatic carbocycles. The van der Waals surface area contributed by atoms with Gasteiger partial charge in [-0.3, -0.25) is 9.59 Å². The van der Waals surface area contributed by atoms with Crippen LogP contribution in [0.4, 0.5) is 5.82 Å². The van der Waals surface area contributed by atoms with Gasteiger partial charge in [0, 0.05) is 31.5 Å². The number of aryl methyl sites for hydroxylation is 1. The van der Waals surface area contributed by atoms with Gasteiger partial charge >= 0.3 is 0 Å². The molecule has 0 aliphatic rings. The first-order valence-corrected chi connectivity index (χ1v) is 6.83. The lowest BCUT2D eigenvalue weighted by atomic mass is 10.2. The first-order chi connectivity index (χ1) is 10.1. The number of aromatic nitrogens is 1. The van der Waals surface area contributed by atoms with Gasteiger partial charge < -0.3 is 20.7 Å². The predicted octanol–water partition coefficient (Wildman–Crippen LogP) is 0.314. The highest BCUT2D eigenvalue weighted by Gasteiger charge is 2.10. The molecule has 0 spiro atoms. The van der Waals surface area contributed by atoms with Crippen LogP contribution in [-0.4, -0.2) is 50.1 Å². The third-order valence-corrected chi connectivity index (χ3v) is 2.61. The van der Waals surface area contributed by atoms with Gasteiger partial charge in [0.25, 0.3) is 5.91 Å². The molecule has 0 atom stereocenters. The largest absolute Gasteiger partial charge is 0.383 e. The molecule has 0 saturated carbocycles. The van der Waals surface area contributed by atoms with Crippen molar-refractivity contribution in [3.63, 3.8) is 0 Å². The molecule has 21 heavy (non-hydrogen) atoms. The topological polar surface area (TPSA) is 92.4 Å². The Morgan fingerprint density at radius 3 is 2.71 bits per heavy atom. The molecule has 1 rings (SSSR count). The van der Waals surface area contributed by atoms with Gasteiger partial charge in [-0.15, -0.1) is 0 Å². The number of methoxy groups -OCH3 is 1. The zero-order chi connectivity index (χ0) is 15.7. The summed E-state index contributed by atoms with van der Waals surface area (Å²) in [4.78, 5) is 27.8. The van der Waals surface area contributed by atoms with E-state index in [1.807, 2.05) is 13.8 Å². The molecule has 1 aromatic rings. The van der Waals surface area contributed by atoms with Crippen molar-refractivity contribution in [3.05, 3.63) is 23.4 Å². The van der Waals surface area contributed by atoms with Crippen LogP contribution in [0.2, 0.25) is 0 Å². The van der Waals surface area contributed by atoms with Crippen LogP contribution in [0.25, 0.3) is 0 Å². The number of hydrogen-bond acceptors (Lipinski definition) is 5. The Morgan fingerprint density at radius 2 is 2.05 bits per heavy atom. The van der Waals surface area contributed by atoms with Crippen LogP contribution in [-0.2, 0) is 9.53 Å². The van der Waals surface area contributed by atoms with E-state index in [9.17, 15) is 9.59 Å². The molecule has 1 aromatic heterocycles. The van der Waals surface area contributed by atoms with Crippen LogP contribution >= 0.6 is 0 Å². The van der Waals surface area contributed by atoms with E-state index in [-0.39, 0.29) is 18.4 Å². The highest BCUT2D eigenvalue weighted by molar-refractivity contribution is 5.97. The molecule has 0 aromatic carbocycles. The first kappa shape index (κ1) is 16.9.